The van der Waals surface area contributed by atoms with E-state index in [0.717, 1.165) is 6.42 Å². The van der Waals surface area contributed by atoms with E-state index >= 15 is 0 Å². The maximum absolute atomic E-state index is 11.9. The smallest absolute Gasteiger partial charge is 0.320 e. The van der Waals surface area contributed by atoms with Gasteiger partial charge in [-0.05, 0) is 31.7 Å². The van der Waals surface area contributed by atoms with Crippen LogP contribution in [-0.2, 0) is 9.59 Å². The van der Waals surface area contributed by atoms with Gasteiger partial charge in [0.1, 0.15) is 6.04 Å². The molecule has 0 aromatic rings. The fraction of sp³-hybridized carbons (Fsp3) is 0.833. The van der Waals surface area contributed by atoms with E-state index in [1.165, 1.54) is 0 Å². The Morgan fingerprint density at radius 2 is 2.12 bits per heavy atom. The van der Waals surface area contributed by atoms with Crippen molar-refractivity contribution in [3.63, 3.8) is 0 Å². The molecule has 2 atom stereocenters. The van der Waals surface area contributed by atoms with Crippen LogP contribution in [0.4, 0.5) is 0 Å². The summed E-state index contributed by atoms with van der Waals surface area (Å²) in [5, 5.41) is 11.8. The van der Waals surface area contributed by atoms with Crippen molar-refractivity contribution in [2.24, 2.45) is 5.92 Å². The van der Waals surface area contributed by atoms with Gasteiger partial charge < -0.3 is 10.4 Å². The molecule has 1 saturated heterocycles. The Morgan fingerprint density at radius 3 is 2.59 bits per heavy atom. The second-order valence-corrected chi connectivity index (χ2v) is 4.99. The van der Waals surface area contributed by atoms with E-state index in [1.54, 1.807) is 7.05 Å². The fourth-order valence-electron chi connectivity index (χ4n) is 2.43. The molecular weight excluding hydrogens is 220 g/mol. The Kier molecular flexibility index (Phi) is 4.93. The number of carboxylic acids is 1. The van der Waals surface area contributed by atoms with E-state index in [1.807, 2.05) is 18.7 Å². The van der Waals surface area contributed by atoms with Gasteiger partial charge >= 0.3 is 5.97 Å². The molecule has 5 heteroatoms. The number of likely N-dealkylation sites (tertiary alicyclic amines) is 1. The zero-order chi connectivity index (χ0) is 13.0. The van der Waals surface area contributed by atoms with Gasteiger partial charge in [-0.2, -0.15) is 0 Å². The summed E-state index contributed by atoms with van der Waals surface area (Å²) < 4.78 is 0. The zero-order valence-corrected chi connectivity index (χ0v) is 10.8. The predicted molar refractivity (Wildman–Crippen MR) is 64.7 cm³/mol. The summed E-state index contributed by atoms with van der Waals surface area (Å²) in [6.45, 7) is 4.78. The highest BCUT2D eigenvalue weighted by Crippen LogP contribution is 2.24. The van der Waals surface area contributed by atoms with Crippen LogP contribution in [0.5, 0.6) is 0 Å². The number of rotatable bonds is 5. The maximum atomic E-state index is 11.9. The van der Waals surface area contributed by atoms with Crippen molar-refractivity contribution in [2.45, 2.75) is 45.2 Å². The lowest BCUT2D eigenvalue weighted by Gasteiger charge is -2.30. The molecule has 0 spiro atoms. The van der Waals surface area contributed by atoms with Crippen LogP contribution in [0.2, 0.25) is 0 Å². The first-order chi connectivity index (χ1) is 7.97. The van der Waals surface area contributed by atoms with Gasteiger partial charge in [0.2, 0.25) is 5.91 Å². The third kappa shape index (κ3) is 3.43. The lowest BCUT2D eigenvalue weighted by Crippen LogP contribution is -2.50. The Bertz CT molecular complexity index is 291. The summed E-state index contributed by atoms with van der Waals surface area (Å²) in [5.74, 6) is -0.528. The van der Waals surface area contributed by atoms with Gasteiger partial charge in [0.15, 0.2) is 0 Å². The first-order valence-electron chi connectivity index (χ1n) is 6.17. The molecule has 0 aromatic carbocycles. The van der Waals surface area contributed by atoms with Crippen molar-refractivity contribution in [3.05, 3.63) is 0 Å². The molecule has 1 fully saturated rings. The number of amides is 1. The van der Waals surface area contributed by atoms with Gasteiger partial charge in [-0.25, -0.2) is 0 Å². The van der Waals surface area contributed by atoms with Crippen LogP contribution in [0.3, 0.4) is 0 Å². The molecule has 0 aromatic heterocycles. The fourth-order valence-corrected chi connectivity index (χ4v) is 2.43. The predicted octanol–water partition coefficient (Wildman–Crippen LogP) is 0.696. The Morgan fingerprint density at radius 1 is 1.47 bits per heavy atom. The molecule has 0 radical (unpaired) electrons. The van der Waals surface area contributed by atoms with E-state index in [2.05, 4.69) is 5.32 Å². The van der Waals surface area contributed by atoms with Crippen molar-refractivity contribution in [2.75, 3.05) is 13.6 Å². The number of carbonyl (C=O) groups is 2. The summed E-state index contributed by atoms with van der Waals surface area (Å²) in [4.78, 5) is 24.8. The van der Waals surface area contributed by atoms with Gasteiger partial charge in [0, 0.05) is 7.05 Å². The molecule has 0 saturated carbocycles. The van der Waals surface area contributed by atoms with Crippen LogP contribution >= 0.6 is 0 Å². The zero-order valence-electron chi connectivity index (χ0n) is 10.8. The number of nitrogens with zero attached hydrogens (tertiary/aromatic N) is 1. The second-order valence-electron chi connectivity index (χ2n) is 4.99. The van der Waals surface area contributed by atoms with Crippen LogP contribution in [0.25, 0.3) is 0 Å². The third-order valence-corrected chi connectivity index (χ3v) is 3.22. The van der Waals surface area contributed by atoms with Crippen LogP contribution in [0.15, 0.2) is 0 Å². The highest BCUT2D eigenvalue weighted by atomic mass is 16.4. The van der Waals surface area contributed by atoms with E-state index in [9.17, 15) is 9.59 Å². The average Bonchev–Trinajstić information content (AvgIpc) is 2.73. The number of hydrogen-bond donors (Lipinski definition) is 2. The van der Waals surface area contributed by atoms with Gasteiger partial charge in [0.25, 0.3) is 0 Å². The van der Waals surface area contributed by atoms with Crippen LogP contribution in [0.1, 0.15) is 33.1 Å². The van der Waals surface area contributed by atoms with Crippen molar-refractivity contribution < 1.29 is 14.7 Å². The Balaban J connectivity index is 2.81. The van der Waals surface area contributed by atoms with Crippen molar-refractivity contribution in [1.82, 2.24) is 10.2 Å². The molecule has 0 unspecified atom stereocenters. The molecule has 0 bridgehead atoms. The first-order valence-corrected chi connectivity index (χ1v) is 6.17. The largest absolute Gasteiger partial charge is 0.480 e. The number of carbonyl (C=O) groups excluding carboxylic acids is 1. The second kappa shape index (κ2) is 6.00. The lowest BCUT2D eigenvalue weighted by atomic mass is 10.0. The number of hydrogen-bond acceptors (Lipinski definition) is 3. The summed E-state index contributed by atoms with van der Waals surface area (Å²) in [7, 11) is 1.60. The molecule has 5 nitrogen and oxygen atoms in total. The molecule has 1 heterocycles. The molecule has 98 valence electrons. The Labute approximate surface area is 102 Å². The van der Waals surface area contributed by atoms with E-state index in [0.29, 0.717) is 25.3 Å². The highest BCUT2D eigenvalue weighted by Gasteiger charge is 2.38. The molecule has 1 aliphatic heterocycles. The third-order valence-electron chi connectivity index (χ3n) is 3.22. The van der Waals surface area contributed by atoms with Crippen LogP contribution in [-0.4, -0.2) is 47.6 Å². The molecule has 1 amide bonds. The topological polar surface area (TPSA) is 69.6 Å². The minimum Gasteiger partial charge on any atom is -0.480 e. The monoisotopic (exact) mass is 242 g/mol. The SMILES string of the molecule is CNC(=O)[C@@H](CC(C)C)N1CCC[C@H]1C(=O)O. The molecule has 17 heavy (non-hydrogen) atoms. The standard InChI is InChI=1S/C12H22N2O3/c1-8(2)7-10(11(15)13-3)14-6-4-5-9(14)12(16)17/h8-10H,4-7H2,1-3H3,(H,13,15)(H,16,17)/t9-,10+/m0/s1. The summed E-state index contributed by atoms with van der Waals surface area (Å²) >= 11 is 0. The first kappa shape index (κ1) is 14.0. The summed E-state index contributed by atoms with van der Waals surface area (Å²) in [6.07, 6.45) is 2.19. The summed E-state index contributed by atoms with van der Waals surface area (Å²) in [5.41, 5.74) is 0. The van der Waals surface area contributed by atoms with Gasteiger partial charge in [-0.1, -0.05) is 13.8 Å². The quantitative estimate of drug-likeness (QED) is 0.744. The van der Waals surface area contributed by atoms with E-state index < -0.39 is 12.0 Å². The molecule has 0 aliphatic carbocycles. The summed E-state index contributed by atoms with van der Waals surface area (Å²) in [6, 6.07) is -0.820. The van der Waals surface area contributed by atoms with Gasteiger partial charge in [0.05, 0.1) is 6.04 Å². The van der Waals surface area contributed by atoms with E-state index in [-0.39, 0.29) is 11.9 Å². The molecular formula is C12H22N2O3. The van der Waals surface area contributed by atoms with Crippen molar-refractivity contribution >= 4 is 11.9 Å². The van der Waals surface area contributed by atoms with Crippen LogP contribution in [0, 0.1) is 5.92 Å². The highest BCUT2D eigenvalue weighted by molar-refractivity contribution is 5.83. The van der Waals surface area contributed by atoms with Crippen molar-refractivity contribution in [1.29, 1.82) is 0 Å². The molecule has 1 aliphatic rings. The minimum absolute atomic E-state index is 0.0770. The van der Waals surface area contributed by atoms with Gasteiger partial charge in [-0.15, -0.1) is 0 Å². The number of likely N-dealkylation sites (N-methyl/N-ethyl adjacent to an activating group) is 1. The lowest BCUT2D eigenvalue weighted by molar-refractivity contribution is -0.144. The minimum atomic E-state index is -0.819. The maximum Gasteiger partial charge on any atom is 0.320 e. The normalized spacial score (nSPS) is 22.7. The molecule has 2 N–H and O–H groups in total. The van der Waals surface area contributed by atoms with Crippen LogP contribution < -0.4 is 5.32 Å². The van der Waals surface area contributed by atoms with E-state index in [4.69, 9.17) is 5.11 Å². The van der Waals surface area contributed by atoms with Crippen molar-refractivity contribution in [3.8, 4) is 0 Å². The average molecular weight is 242 g/mol. The molecule has 1 rings (SSSR count). The number of aliphatic carboxylic acids is 1. The number of carboxylic acid groups (broad SMARTS) is 1. The Hall–Kier alpha value is -1.10. The van der Waals surface area contributed by atoms with Gasteiger partial charge in [-0.3, -0.25) is 14.5 Å². The number of nitrogens with one attached hydrogen (secondary N) is 1.